The summed E-state index contributed by atoms with van der Waals surface area (Å²) in [6.07, 6.45) is 0.779. The van der Waals surface area contributed by atoms with Gasteiger partial charge in [-0.2, -0.15) is 0 Å². The van der Waals surface area contributed by atoms with Gasteiger partial charge in [-0.3, -0.25) is 0 Å². The summed E-state index contributed by atoms with van der Waals surface area (Å²) >= 11 is -0.0502. The third-order valence-electron chi connectivity index (χ3n) is 3.23. The molecule has 3 rings (SSSR count). The second kappa shape index (κ2) is 5.35. The Hall–Kier alpha value is -1.32. The number of nitrogens with zero attached hydrogens (tertiary/aromatic N) is 1. The third kappa shape index (κ3) is 2.67. The zero-order chi connectivity index (χ0) is 13.2. The van der Waals surface area contributed by atoms with E-state index < -0.39 is 0 Å². The van der Waals surface area contributed by atoms with E-state index in [0.717, 1.165) is 16.8 Å². The number of carbonyl (C=O) groups excluding carboxylic acids is 1. The van der Waals surface area contributed by atoms with Gasteiger partial charge < -0.3 is 0 Å². The van der Waals surface area contributed by atoms with E-state index in [1.165, 1.54) is 0 Å². The molecule has 1 unspecified atom stereocenters. The van der Waals surface area contributed by atoms with Gasteiger partial charge in [0.05, 0.1) is 0 Å². The Bertz CT molecular complexity index is 503. The predicted octanol–water partition coefficient (Wildman–Crippen LogP) is 1.94. The molecule has 1 aromatic rings. The molecule has 5 heteroatoms. The first-order chi connectivity index (χ1) is 9.24. The van der Waals surface area contributed by atoms with Crippen molar-refractivity contribution in [3.63, 3.8) is 0 Å². The van der Waals surface area contributed by atoms with E-state index in [1.807, 2.05) is 25.1 Å². The zero-order valence-corrected chi connectivity index (χ0v) is 12.3. The van der Waals surface area contributed by atoms with Crippen molar-refractivity contribution in [1.82, 2.24) is 0 Å². The van der Waals surface area contributed by atoms with Crippen molar-refractivity contribution < 1.29 is 14.3 Å². The Morgan fingerprint density at radius 1 is 1.32 bits per heavy atom. The normalized spacial score (nSPS) is 29.8. The van der Waals surface area contributed by atoms with Crippen LogP contribution in [0.2, 0.25) is 4.82 Å². The third-order valence-corrected chi connectivity index (χ3v) is 5.57. The number of aliphatic imine (C=N–C) groups is 1. The molecule has 19 heavy (non-hydrogen) atoms. The number of hydrogen-bond donors (Lipinski definition) is 0. The molecule has 0 N–H and O–H groups in total. The Morgan fingerprint density at radius 3 is 2.79 bits per heavy atom. The fourth-order valence-corrected chi connectivity index (χ4v) is 4.34. The van der Waals surface area contributed by atoms with Gasteiger partial charge in [-0.15, -0.1) is 0 Å². The van der Waals surface area contributed by atoms with Crippen molar-refractivity contribution in [3.05, 3.63) is 35.9 Å². The molecule has 2 heterocycles. The fourth-order valence-electron chi connectivity index (χ4n) is 2.23. The molecular weight excluding hydrogens is 309 g/mol. The van der Waals surface area contributed by atoms with Crippen LogP contribution in [0.5, 0.6) is 0 Å². The first-order valence-corrected chi connectivity index (χ1v) is 8.21. The zero-order valence-electron chi connectivity index (χ0n) is 10.6. The van der Waals surface area contributed by atoms with Crippen LogP contribution < -0.4 is 0 Å². The molecule has 1 saturated heterocycles. The van der Waals surface area contributed by atoms with Crippen LogP contribution in [0.25, 0.3) is 0 Å². The summed E-state index contributed by atoms with van der Waals surface area (Å²) in [4.78, 5) is 16.8. The summed E-state index contributed by atoms with van der Waals surface area (Å²) in [7, 11) is 0. The molecule has 0 amide bonds. The van der Waals surface area contributed by atoms with Crippen LogP contribution in [-0.4, -0.2) is 38.4 Å². The second-order valence-corrected chi connectivity index (χ2v) is 7.07. The molecule has 2 aliphatic rings. The van der Waals surface area contributed by atoms with Gasteiger partial charge in [-0.1, -0.05) is 0 Å². The van der Waals surface area contributed by atoms with Gasteiger partial charge >= 0.3 is 118 Å². The SMILES string of the molecule is C[C@@H]1N=C([Se]C2CCOC2=O)O[C@@H]1c1ccccc1. The first kappa shape index (κ1) is 12.7. The number of cyclic esters (lactones) is 1. The van der Waals surface area contributed by atoms with Gasteiger partial charge in [-0.25, -0.2) is 0 Å². The number of ether oxygens (including phenoxy) is 2. The van der Waals surface area contributed by atoms with E-state index in [0.29, 0.717) is 6.61 Å². The minimum absolute atomic E-state index is 0.0181. The van der Waals surface area contributed by atoms with Crippen molar-refractivity contribution in [2.75, 3.05) is 6.61 Å². The van der Waals surface area contributed by atoms with E-state index in [1.54, 1.807) is 0 Å². The van der Waals surface area contributed by atoms with Crippen LogP contribution in [0, 0.1) is 0 Å². The van der Waals surface area contributed by atoms with Crippen LogP contribution in [0.1, 0.15) is 25.0 Å². The summed E-state index contributed by atoms with van der Waals surface area (Å²) in [6, 6.07) is 10.2. The van der Waals surface area contributed by atoms with E-state index in [2.05, 4.69) is 17.1 Å². The van der Waals surface area contributed by atoms with Crippen LogP contribution in [-0.2, 0) is 14.3 Å². The monoisotopic (exact) mass is 325 g/mol. The molecule has 4 nitrogen and oxygen atoms in total. The molecule has 1 aromatic carbocycles. The molecule has 0 aliphatic carbocycles. The van der Waals surface area contributed by atoms with Crippen LogP contribution in [0.4, 0.5) is 0 Å². The summed E-state index contributed by atoms with van der Waals surface area (Å²) in [5, 5.41) is 0. The van der Waals surface area contributed by atoms with Crippen molar-refractivity contribution in [2.45, 2.75) is 30.3 Å². The van der Waals surface area contributed by atoms with E-state index in [-0.39, 0.29) is 37.9 Å². The quantitative estimate of drug-likeness (QED) is 0.631. The van der Waals surface area contributed by atoms with Crippen LogP contribution in [0.3, 0.4) is 0 Å². The van der Waals surface area contributed by atoms with E-state index in [9.17, 15) is 4.79 Å². The topological polar surface area (TPSA) is 47.9 Å². The van der Waals surface area contributed by atoms with Gasteiger partial charge in [0.15, 0.2) is 0 Å². The second-order valence-electron chi connectivity index (χ2n) is 4.65. The number of carbonyl (C=O) groups is 1. The summed E-state index contributed by atoms with van der Waals surface area (Å²) in [5.41, 5.74) is 1.14. The van der Waals surface area contributed by atoms with Crippen LogP contribution in [0.15, 0.2) is 35.3 Å². The summed E-state index contributed by atoms with van der Waals surface area (Å²) < 4.78 is 10.9. The number of benzene rings is 1. The molecule has 3 atom stereocenters. The number of hydrogen-bond acceptors (Lipinski definition) is 4. The number of esters is 1. The van der Waals surface area contributed by atoms with Crippen molar-refractivity contribution in [3.8, 4) is 0 Å². The van der Waals surface area contributed by atoms with Gasteiger partial charge in [-0.05, 0) is 0 Å². The molecule has 1 fully saturated rings. The van der Waals surface area contributed by atoms with Crippen molar-refractivity contribution >= 4 is 25.7 Å². The molecule has 0 saturated carbocycles. The molecule has 0 bridgehead atoms. The molecule has 0 spiro atoms. The Morgan fingerprint density at radius 2 is 2.11 bits per heavy atom. The van der Waals surface area contributed by atoms with Crippen molar-refractivity contribution in [1.29, 1.82) is 0 Å². The Balaban J connectivity index is 1.67. The first-order valence-electron chi connectivity index (χ1n) is 6.37. The van der Waals surface area contributed by atoms with Gasteiger partial charge in [0.1, 0.15) is 0 Å². The van der Waals surface area contributed by atoms with Gasteiger partial charge in [0.2, 0.25) is 0 Å². The molecular formula is C14H15NO3Se. The summed E-state index contributed by atoms with van der Waals surface area (Å²) in [6.45, 7) is 2.59. The van der Waals surface area contributed by atoms with E-state index >= 15 is 0 Å². The summed E-state index contributed by atoms with van der Waals surface area (Å²) in [5.74, 6) is -0.0953. The maximum atomic E-state index is 11.5. The average Bonchev–Trinajstić information content (AvgIpc) is 2.98. The molecule has 0 aromatic heterocycles. The average molecular weight is 324 g/mol. The van der Waals surface area contributed by atoms with Crippen molar-refractivity contribution in [2.24, 2.45) is 4.99 Å². The van der Waals surface area contributed by atoms with Crippen LogP contribution >= 0.6 is 0 Å². The minimum atomic E-state index is -0.0953. The molecule has 2 aliphatic heterocycles. The predicted molar refractivity (Wildman–Crippen MR) is 72.2 cm³/mol. The fraction of sp³-hybridized carbons (Fsp3) is 0.429. The molecule has 100 valence electrons. The van der Waals surface area contributed by atoms with Gasteiger partial charge in [0.25, 0.3) is 0 Å². The standard InChI is InChI=1S/C14H15NO3Se/c1-9-12(10-5-3-2-4-6-10)18-14(15-9)19-11-7-8-17-13(11)16/h2-6,9,11-12H,7-8H2,1H3/t9-,11?,12-/m0/s1. The molecule has 0 radical (unpaired) electrons. The van der Waals surface area contributed by atoms with E-state index in [4.69, 9.17) is 9.47 Å². The number of rotatable bonds is 3. The Labute approximate surface area is 118 Å². The Kier molecular flexibility index (Phi) is 3.58. The maximum absolute atomic E-state index is 11.5. The van der Waals surface area contributed by atoms with Gasteiger partial charge in [0, 0.05) is 0 Å².